The number of pyridine rings is 1. The lowest BCUT2D eigenvalue weighted by molar-refractivity contribution is -0.134. The number of hydrogen-bond acceptors (Lipinski definition) is 5. The van der Waals surface area contributed by atoms with Crippen molar-refractivity contribution in [1.82, 2.24) is 14.5 Å². The molecule has 1 amide bonds. The first-order valence-electron chi connectivity index (χ1n) is 10.8. The molecular weight excluding hydrogens is 404 g/mol. The summed E-state index contributed by atoms with van der Waals surface area (Å²) in [4.78, 5) is 33.6. The fourth-order valence-electron chi connectivity index (χ4n) is 4.08. The Hall–Kier alpha value is -3.61. The number of esters is 1. The predicted molar refractivity (Wildman–Crippen MR) is 123 cm³/mol. The molecule has 1 aromatic carbocycles. The number of nitrogens with zero attached hydrogens (tertiary/aromatic N) is 4. The molecule has 166 valence electrons. The van der Waals surface area contributed by atoms with Crippen molar-refractivity contribution in [3.8, 4) is 5.69 Å². The molecule has 1 fully saturated rings. The molecule has 1 aliphatic heterocycles. The minimum absolute atomic E-state index is 0.175. The summed E-state index contributed by atoms with van der Waals surface area (Å²) in [5, 5.41) is 0. The number of amides is 1. The number of benzene rings is 1. The van der Waals surface area contributed by atoms with E-state index in [9.17, 15) is 9.59 Å². The van der Waals surface area contributed by atoms with Crippen molar-refractivity contribution in [3.05, 3.63) is 77.2 Å². The summed E-state index contributed by atoms with van der Waals surface area (Å²) in [5.41, 5.74) is 4.39. The average molecular weight is 433 g/mol. The molecule has 3 heterocycles. The fraction of sp³-hybridized carbons (Fsp3) is 0.320. The Morgan fingerprint density at radius 1 is 0.969 bits per heavy atom. The van der Waals surface area contributed by atoms with Gasteiger partial charge in [-0.1, -0.05) is 23.8 Å². The maximum absolute atomic E-state index is 12.7. The maximum atomic E-state index is 12.7. The Morgan fingerprint density at radius 3 is 2.34 bits per heavy atom. The van der Waals surface area contributed by atoms with E-state index in [1.807, 2.05) is 73.9 Å². The highest BCUT2D eigenvalue weighted by Crippen LogP contribution is 2.22. The molecule has 0 unspecified atom stereocenters. The smallest absolute Gasteiger partial charge is 0.340 e. The molecule has 0 saturated carbocycles. The van der Waals surface area contributed by atoms with Crippen LogP contribution in [0.25, 0.3) is 5.69 Å². The minimum Gasteiger partial charge on any atom is -0.452 e. The zero-order chi connectivity index (χ0) is 22.7. The van der Waals surface area contributed by atoms with E-state index in [1.54, 1.807) is 11.1 Å². The van der Waals surface area contributed by atoms with Gasteiger partial charge in [-0.15, -0.1) is 0 Å². The summed E-state index contributed by atoms with van der Waals surface area (Å²) >= 11 is 0. The number of aromatic nitrogens is 2. The van der Waals surface area contributed by atoms with Crippen LogP contribution in [-0.2, 0) is 9.53 Å². The molecular formula is C25H28N4O3. The van der Waals surface area contributed by atoms with Crippen LogP contribution in [-0.4, -0.2) is 59.1 Å². The van der Waals surface area contributed by atoms with Gasteiger partial charge in [0.05, 0.1) is 5.56 Å². The van der Waals surface area contributed by atoms with E-state index >= 15 is 0 Å². The lowest BCUT2D eigenvalue weighted by atomic mass is 10.2. The largest absolute Gasteiger partial charge is 0.452 e. The maximum Gasteiger partial charge on any atom is 0.340 e. The van der Waals surface area contributed by atoms with E-state index in [4.69, 9.17) is 4.74 Å². The second kappa shape index (κ2) is 9.26. The molecule has 3 aromatic rings. The molecule has 0 bridgehead atoms. The average Bonchev–Trinajstić information content (AvgIpc) is 3.12. The van der Waals surface area contributed by atoms with Crippen molar-refractivity contribution in [2.45, 2.75) is 20.8 Å². The summed E-state index contributed by atoms with van der Waals surface area (Å²) in [7, 11) is 0. The molecule has 1 saturated heterocycles. The van der Waals surface area contributed by atoms with Crippen LogP contribution in [0.15, 0.2) is 54.7 Å². The summed E-state index contributed by atoms with van der Waals surface area (Å²) in [6.45, 7) is 8.19. The molecule has 0 aliphatic carbocycles. The van der Waals surface area contributed by atoms with Gasteiger partial charge in [-0.2, -0.15) is 0 Å². The third kappa shape index (κ3) is 4.51. The Morgan fingerprint density at radius 2 is 1.69 bits per heavy atom. The van der Waals surface area contributed by atoms with Gasteiger partial charge in [-0.25, -0.2) is 9.78 Å². The summed E-state index contributed by atoms with van der Waals surface area (Å²) in [6.07, 6.45) is 1.77. The number of carbonyl (C=O) groups excluding carboxylic acids is 2. The Bertz CT molecular complexity index is 1100. The van der Waals surface area contributed by atoms with Crippen molar-refractivity contribution in [2.24, 2.45) is 0 Å². The van der Waals surface area contributed by atoms with Crippen LogP contribution < -0.4 is 4.90 Å². The van der Waals surface area contributed by atoms with Gasteiger partial charge in [0.2, 0.25) is 0 Å². The van der Waals surface area contributed by atoms with Gasteiger partial charge in [0.15, 0.2) is 6.61 Å². The molecule has 32 heavy (non-hydrogen) atoms. The van der Waals surface area contributed by atoms with E-state index in [0.29, 0.717) is 31.7 Å². The van der Waals surface area contributed by atoms with E-state index < -0.39 is 5.97 Å². The van der Waals surface area contributed by atoms with Gasteiger partial charge in [0.1, 0.15) is 5.82 Å². The zero-order valence-corrected chi connectivity index (χ0v) is 18.7. The highest BCUT2D eigenvalue weighted by Gasteiger charge is 2.24. The molecule has 0 atom stereocenters. The second-order valence-electron chi connectivity index (χ2n) is 8.09. The lowest BCUT2D eigenvalue weighted by Crippen LogP contribution is -2.50. The second-order valence-corrected chi connectivity index (χ2v) is 8.09. The highest BCUT2D eigenvalue weighted by molar-refractivity contribution is 5.93. The van der Waals surface area contributed by atoms with Crippen molar-refractivity contribution in [1.29, 1.82) is 0 Å². The molecule has 0 N–H and O–H groups in total. The monoisotopic (exact) mass is 432 g/mol. The quantitative estimate of drug-likeness (QED) is 0.579. The number of carbonyl (C=O) groups is 2. The third-order valence-corrected chi connectivity index (χ3v) is 5.88. The fourth-order valence-corrected chi connectivity index (χ4v) is 4.08. The summed E-state index contributed by atoms with van der Waals surface area (Å²) < 4.78 is 7.41. The molecule has 0 radical (unpaired) electrons. The molecule has 7 heteroatoms. The molecule has 4 rings (SSSR count). The standard InChI is InChI=1S/C25H28N4O3/c1-18-7-9-21(10-8-18)29-19(2)16-22(20(29)3)25(31)32-17-24(30)28-14-12-27(13-15-28)23-6-4-5-11-26-23/h4-11,16H,12-15,17H2,1-3H3. The Balaban J connectivity index is 1.34. The Kier molecular flexibility index (Phi) is 6.25. The number of piperazine rings is 1. The molecule has 1 aliphatic rings. The van der Waals surface area contributed by atoms with Gasteiger partial charge in [-0.05, 0) is 51.1 Å². The number of aryl methyl sites for hydroxylation is 2. The minimum atomic E-state index is -0.475. The van der Waals surface area contributed by atoms with E-state index in [0.717, 1.165) is 22.9 Å². The SMILES string of the molecule is Cc1ccc(-n2c(C)cc(C(=O)OCC(=O)N3CCN(c4ccccn4)CC3)c2C)cc1. The van der Waals surface area contributed by atoms with Crippen LogP contribution in [0.4, 0.5) is 5.82 Å². The van der Waals surface area contributed by atoms with Crippen LogP contribution in [0, 0.1) is 20.8 Å². The highest BCUT2D eigenvalue weighted by atomic mass is 16.5. The molecule has 2 aromatic heterocycles. The van der Waals surface area contributed by atoms with Crippen LogP contribution in [0.1, 0.15) is 27.3 Å². The number of anilines is 1. The number of hydrogen-bond donors (Lipinski definition) is 0. The Labute approximate surface area is 188 Å². The van der Waals surface area contributed by atoms with Gasteiger partial charge < -0.3 is 19.1 Å². The van der Waals surface area contributed by atoms with Crippen molar-refractivity contribution >= 4 is 17.7 Å². The first-order valence-corrected chi connectivity index (χ1v) is 10.8. The van der Waals surface area contributed by atoms with Crippen LogP contribution in [0.5, 0.6) is 0 Å². The first-order chi connectivity index (χ1) is 15.4. The molecule has 0 spiro atoms. The summed E-state index contributed by atoms with van der Waals surface area (Å²) in [6, 6.07) is 15.7. The van der Waals surface area contributed by atoms with Crippen molar-refractivity contribution < 1.29 is 14.3 Å². The zero-order valence-electron chi connectivity index (χ0n) is 18.7. The van der Waals surface area contributed by atoms with E-state index in [2.05, 4.69) is 9.88 Å². The van der Waals surface area contributed by atoms with Crippen LogP contribution >= 0.6 is 0 Å². The van der Waals surface area contributed by atoms with Crippen molar-refractivity contribution in [3.63, 3.8) is 0 Å². The number of ether oxygens (including phenoxy) is 1. The van der Waals surface area contributed by atoms with E-state index in [1.165, 1.54) is 5.56 Å². The van der Waals surface area contributed by atoms with Gasteiger partial charge in [-0.3, -0.25) is 4.79 Å². The third-order valence-electron chi connectivity index (χ3n) is 5.88. The normalized spacial score (nSPS) is 13.8. The van der Waals surface area contributed by atoms with E-state index in [-0.39, 0.29) is 12.5 Å². The molecule has 7 nitrogen and oxygen atoms in total. The lowest BCUT2D eigenvalue weighted by Gasteiger charge is -2.35. The van der Waals surface area contributed by atoms with Gasteiger partial charge in [0.25, 0.3) is 5.91 Å². The number of rotatable bonds is 5. The van der Waals surface area contributed by atoms with Crippen molar-refractivity contribution in [2.75, 3.05) is 37.7 Å². The topological polar surface area (TPSA) is 67.7 Å². The van der Waals surface area contributed by atoms with Crippen LogP contribution in [0.2, 0.25) is 0 Å². The van der Waals surface area contributed by atoms with Gasteiger partial charge in [0, 0.05) is 49.5 Å². The summed E-state index contributed by atoms with van der Waals surface area (Å²) in [5.74, 6) is 0.262. The first kappa shape index (κ1) is 21.6. The predicted octanol–water partition coefficient (Wildman–Crippen LogP) is 3.30. The van der Waals surface area contributed by atoms with Crippen LogP contribution in [0.3, 0.4) is 0 Å². The van der Waals surface area contributed by atoms with Gasteiger partial charge >= 0.3 is 5.97 Å².